The molecule has 2 rings (SSSR count). The summed E-state index contributed by atoms with van der Waals surface area (Å²) in [6.07, 6.45) is 0.0458. The summed E-state index contributed by atoms with van der Waals surface area (Å²) >= 11 is 0. The lowest BCUT2D eigenvalue weighted by Gasteiger charge is -2.09. The molecule has 0 saturated carbocycles. The van der Waals surface area contributed by atoms with E-state index in [0.717, 1.165) is 0 Å². The largest absolute Gasteiger partial charge is 0.493 e. The van der Waals surface area contributed by atoms with Crippen LogP contribution in [0.25, 0.3) is 0 Å². The number of nitrogens with zero attached hydrogens (tertiary/aromatic N) is 1. The van der Waals surface area contributed by atoms with Crippen molar-refractivity contribution in [3.8, 4) is 11.5 Å². The van der Waals surface area contributed by atoms with Crippen LogP contribution in [0.1, 0.15) is 0 Å². The van der Waals surface area contributed by atoms with E-state index in [9.17, 15) is 10.1 Å². The van der Waals surface area contributed by atoms with Gasteiger partial charge in [-0.2, -0.15) is 0 Å². The van der Waals surface area contributed by atoms with Crippen LogP contribution in [0.3, 0.4) is 0 Å². The summed E-state index contributed by atoms with van der Waals surface area (Å²) in [7, 11) is 1.44. The maximum absolute atomic E-state index is 10.8. The number of methoxy groups -OCH3 is 1. The first kappa shape index (κ1) is 10.7. The number of nitro benzene ring substituents is 1. The fourth-order valence-electron chi connectivity index (χ4n) is 1.29. The van der Waals surface area contributed by atoms with Gasteiger partial charge in [-0.3, -0.25) is 10.1 Å². The molecule has 0 bridgehead atoms. The van der Waals surface area contributed by atoms with Crippen LogP contribution in [-0.2, 0) is 4.74 Å². The third-order valence-electron chi connectivity index (χ3n) is 2.19. The summed E-state index contributed by atoms with van der Waals surface area (Å²) in [6.45, 7) is 0.949. The van der Waals surface area contributed by atoms with Gasteiger partial charge in [0.05, 0.1) is 18.6 Å². The first-order chi connectivity index (χ1) is 7.72. The molecule has 0 radical (unpaired) electrons. The zero-order chi connectivity index (χ0) is 11.5. The number of para-hydroxylation sites is 1. The summed E-state index contributed by atoms with van der Waals surface area (Å²) in [6, 6.07) is 4.55. The second-order valence-electron chi connectivity index (χ2n) is 3.33. The number of hydrogen-bond acceptors (Lipinski definition) is 5. The molecular formula is C10H11NO5. The molecule has 1 aromatic carbocycles. The number of benzene rings is 1. The van der Waals surface area contributed by atoms with Gasteiger partial charge in [0.2, 0.25) is 5.75 Å². The standard InChI is InChI=1S/C10H11NO5/c1-14-9-4-2-3-8(11(12)13)10(9)16-6-7-5-15-7/h2-4,7H,5-6H2,1H3. The lowest BCUT2D eigenvalue weighted by atomic mass is 10.2. The molecule has 1 unspecified atom stereocenters. The van der Waals surface area contributed by atoms with Crippen LogP contribution >= 0.6 is 0 Å². The average molecular weight is 225 g/mol. The molecule has 6 nitrogen and oxygen atoms in total. The summed E-state index contributed by atoms with van der Waals surface area (Å²) in [4.78, 5) is 10.3. The Hall–Kier alpha value is -1.82. The second kappa shape index (κ2) is 4.36. The fraction of sp³-hybridized carbons (Fsp3) is 0.400. The number of ether oxygens (including phenoxy) is 3. The van der Waals surface area contributed by atoms with E-state index in [2.05, 4.69) is 0 Å². The molecule has 0 aromatic heterocycles. The number of rotatable bonds is 5. The number of epoxide rings is 1. The monoisotopic (exact) mass is 225 g/mol. The van der Waals surface area contributed by atoms with Gasteiger partial charge in [0, 0.05) is 6.07 Å². The topological polar surface area (TPSA) is 74.1 Å². The Kier molecular flexibility index (Phi) is 2.91. The minimum atomic E-state index is -0.494. The molecule has 86 valence electrons. The Labute approximate surface area is 91.9 Å². The highest BCUT2D eigenvalue weighted by Crippen LogP contribution is 2.36. The van der Waals surface area contributed by atoms with Crippen LogP contribution in [0.15, 0.2) is 18.2 Å². The second-order valence-corrected chi connectivity index (χ2v) is 3.33. The van der Waals surface area contributed by atoms with Crippen molar-refractivity contribution in [2.75, 3.05) is 20.3 Å². The van der Waals surface area contributed by atoms with Gasteiger partial charge >= 0.3 is 5.69 Å². The normalized spacial score (nSPS) is 17.9. The molecule has 1 aromatic rings. The molecule has 6 heteroatoms. The Bertz CT molecular complexity index is 402. The Morgan fingerprint density at radius 2 is 2.38 bits per heavy atom. The number of hydrogen-bond donors (Lipinski definition) is 0. The van der Waals surface area contributed by atoms with Crippen molar-refractivity contribution in [1.82, 2.24) is 0 Å². The minimum Gasteiger partial charge on any atom is -0.493 e. The molecule has 1 aliphatic heterocycles. The molecule has 0 N–H and O–H groups in total. The van der Waals surface area contributed by atoms with Crippen molar-refractivity contribution < 1.29 is 19.1 Å². The van der Waals surface area contributed by atoms with Crippen LogP contribution in [0.5, 0.6) is 11.5 Å². The van der Waals surface area contributed by atoms with Gasteiger partial charge in [0.25, 0.3) is 0 Å². The van der Waals surface area contributed by atoms with Crippen LogP contribution in [0.4, 0.5) is 5.69 Å². The zero-order valence-corrected chi connectivity index (χ0v) is 8.71. The van der Waals surface area contributed by atoms with Crippen LogP contribution in [-0.4, -0.2) is 31.4 Å². The maximum atomic E-state index is 10.8. The predicted molar refractivity (Wildman–Crippen MR) is 54.9 cm³/mol. The van der Waals surface area contributed by atoms with E-state index >= 15 is 0 Å². The summed E-state index contributed by atoms with van der Waals surface area (Å²) < 4.78 is 15.3. The highest BCUT2D eigenvalue weighted by molar-refractivity contribution is 5.55. The van der Waals surface area contributed by atoms with E-state index in [0.29, 0.717) is 19.0 Å². The van der Waals surface area contributed by atoms with Gasteiger partial charge in [0.1, 0.15) is 12.7 Å². The van der Waals surface area contributed by atoms with Gasteiger partial charge < -0.3 is 14.2 Å². The molecule has 0 spiro atoms. The maximum Gasteiger partial charge on any atom is 0.314 e. The van der Waals surface area contributed by atoms with Crippen molar-refractivity contribution >= 4 is 5.69 Å². The van der Waals surface area contributed by atoms with Crippen molar-refractivity contribution in [2.45, 2.75) is 6.10 Å². The van der Waals surface area contributed by atoms with Crippen LogP contribution in [0.2, 0.25) is 0 Å². The first-order valence-electron chi connectivity index (χ1n) is 4.78. The molecule has 1 heterocycles. The first-order valence-corrected chi connectivity index (χ1v) is 4.78. The summed E-state index contributed by atoms with van der Waals surface area (Å²) in [5.74, 6) is 0.514. The zero-order valence-electron chi connectivity index (χ0n) is 8.71. The molecule has 0 aliphatic carbocycles. The molecule has 1 saturated heterocycles. The predicted octanol–water partition coefficient (Wildman–Crippen LogP) is 1.38. The molecule has 0 amide bonds. The van der Waals surface area contributed by atoms with E-state index in [1.807, 2.05) is 0 Å². The summed E-state index contributed by atoms with van der Waals surface area (Å²) in [5.41, 5.74) is -0.0972. The Morgan fingerprint density at radius 3 is 2.94 bits per heavy atom. The third-order valence-corrected chi connectivity index (χ3v) is 2.19. The van der Waals surface area contributed by atoms with E-state index in [-0.39, 0.29) is 17.5 Å². The van der Waals surface area contributed by atoms with Gasteiger partial charge in [0.15, 0.2) is 5.75 Å². The molecule has 1 fully saturated rings. The Balaban J connectivity index is 2.24. The average Bonchev–Trinajstić information content (AvgIpc) is 3.09. The van der Waals surface area contributed by atoms with Crippen molar-refractivity contribution in [3.63, 3.8) is 0 Å². The smallest absolute Gasteiger partial charge is 0.314 e. The SMILES string of the molecule is COc1cccc([N+](=O)[O-])c1OCC1CO1. The fourth-order valence-corrected chi connectivity index (χ4v) is 1.29. The lowest BCUT2D eigenvalue weighted by Crippen LogP contribution is -2.07. The van der Waals surface area contributed by atoms with Crippen molar-refractivity contribution in [3.05, 3.63) is 28.3 Å². The Morgan fingerprint density at radius 1 is 1.62 bits per heavy atom. The van der Waals surface area contributed by atoms with E-state index < -0.39 is 4.92 Å². The quantitative estimate of drug-likeness (QED) is 0.430. The van der Waals surface area contributed by atoms with Crippen LogP contribution in [0, 0.1) is 10.1 Å². The van der Waals surface area contributed by atoms with Gasteiger partial charge in [-0.15, -0.1) is 0 Å². The van der Waals surface area contributed by atoms with E-state index in [1.165, 1.54) is 13.2 Å². The van der Waals surface area contributed by atoms with Crippen molar-refractivity contribution in [2.24, 2.45) is 0 Å². The lowest BCUT2D eigenvalue weighted by molar-refractivity contribution is -0.386. The number of nitro groups is 1. The molecule has 1 atom stereocenters. The molecule has 1 aliphatic rings. The molecule has 16 heavy (non-hydrogen) atoms. The minimum absolute atomic E-state index is 0.0458. The van der Waals surface area contributed by atoms with Gasteiger partial charge in [-0.05, 0) is 6.07 Å². The highest BCUT2D eigenvalue weighted by Gasteiger charge is 2.26. The van der Waals surface area contributed by atoms with Crippen molar-refractivity contribution in [1.29, 1.82) is 0 Å². The third kappa shape index (κ3) is 2.22. The summed E-state index contributed by atoms with van der Waals surface area (Å²) in [5, 5.41) is 10.8. The van der Waals surface area contributed by atoms with E-state index in [4.69, 9.17) is 14.2 Å². The van der Waals surface area contributed by atoms with E-state index in [1.54, 1.807) is 12.1 Å². The van der Waals surface area contributed by atoms with Gasteiger partial charge in [-0.1, -0.05) is 6.07 Å². The highest BCUT2D eigenvalue weighted by atomic mass is 16.6. The van der Waals surface area contributed by atoms with Crippen LogP contribution < -0.4 is 9.47 Å². The molecular weight excluding hydrogens is 214 g/mol. The van der Waals surface area contributed by atoms with Gasteiger partial charge in [-0.25, -0.2) is 0 Å².